The Bertz CT molecular complexity index is 2040. The van der Waals surface area contributed by atoms with E-state index in [-0.39, 0.29) is 36.6 Å². The van der Waals surface area contributed by atoms with E-state index in [1.54, 1.807) is 28.5 Å². The number of hydrogen-bond acceptors (Lipinski definition) is 9. The van der Waals surface area contributed by atoms with Crippen LogP contribution in [0.15, 0.2) is 54.6 Å². The van der Waals surface area contributed by atoms with Gasteiger partial charge in [0.25, 0.3) is 5.91 Å². The highest BCUT2D eigenvalue weighted by atomic mass is 32.2. The van der Waals surface area contributed by atoms with E-state index >= 15 is 0 Å². The Balaban J connectivity index is 1.24. The second-order valence-electron chi connectivity index (χ2n) is 15.4. The van der Waals surface area contributed by atoms with Gasteiger partial charge in [0.2, 0.25) is 27.7 Å². The summed E-state index contributed by atoms with van der Waals surface area (Å²) < 4.78 is 34.1. The minimum atomic E-state index is -3.85. The molecule has 11 nitrogen and oxygen atoms in total. The summed E-state index contributed by atoms with van der Waals surface area (Å²) in [6, 6.07) is 7.04. The summed E-state index contributed by atoms with van der Waals surface area (Å²) in [5, 5.41) is 6.97. The van der Waals surface area contributed by atoms with Gasteiger partial charge in [-0.2, -0.15) is 0 Å². The number of benzene rings is 1. The number of fused-ring (bicyclic) bond motifs is 5. The second-order valence-corrected chi connectivity index (χ2v) is 18.3. The number of nitrogens with one attached hydrogen (secondary N) is 2. The maximum Gasteiger partial charge on any atom is 0.259 e. The van der Waals surface area contributed by atoms with Crippen LogP contribution in [0.4, 0.5) is 0 Å². The fourth-order valence-electron chi connectivity index (χ4n) is 7.23. The van der Waals surface area contributed by atoms with Crippen molar-refractivity contribution in [1.82, 2.24) is 24.9 Å². The van der Waals surface area contributed by atoms with Crippen LogP contribution in [-0.4, -0.2) is 70.5 Å². The maximum absolute atomic E-state index is 14.6. The van der Waals surface area contributed by atoms with Gasteiger partial charge in [-0.25, -0.2) is 18.4 Å². The van der Waals surface area contributed by atoms with Gasteiger partial charge >= 0.3 is 0 Å². The lowest BCUT2D eigenvalue weighted by Gasteiger charge is -2.30. The van der Waals surface area contributed by atoms with Crippen LogP contribution < -0.4 is 14.8 Å². The highest BCUT2D eigenvalue weighted by Crippen LogP contribution is 2.46. The molecule has 4 aliphatic rings. The average molecular weight is 732 g/mol. The Morgan fingerprint density at radius 2 is 1.98 bits per heavy atom. The predicted octanol–water partition coefficient (Wildman–Crippen LogP) is 4.92. The molecule has 5 atom stereocenters. The summed E-state index contributed by atoms with van der Waals surface area (Å²) in [6.07, 6.45) is 9.45. The van der Waals surface area contributed by atoms with Crippen LogP contribution in [0.5, 0.6) is 5.88 Å². The lowest BCUT2D eigenvalue weighted by molar-refractivity contribution is -0.143. The van der Waals surface area contributed by atoms with Gasteiger partial charge < -0.3 is 15.0 Å². The zero-order chi connectivity index (χ0) is 36.3. The number of nitrogens with zero attached hydrogens (tertiary/aromatic N) is 3. The molecule has 1 saturated heterocycles. The molecule has 6 bridgehead atoms. The fraction of sp³-hybridized carbons (Fsp3) is 0.500. The van der Waals surface area contributed by atoms with Gasteiger partial charge in [-0.3, -0.25) is 19.1 Å². The van der Waals surface area contributed by atoms with E-state index in [1.165, 1.54) is 0 Å². The fourth-order valence-corrected chi connectivity index (χ4v) is 9.64. The van der Waals surface area contributed by atoms with Crippen molar-refractivity contribution in [2.45, 2.75) is 94.6 Å². The van der Waals surface area contributed by atoms with Crippen molar-refractivity contribution in [3.8, 4) is 5.88 Å². The van der Waals surface area contributed by atoms with Crippen molar-refractivity contribution in [2.75, 3.05) is 6.54 Å². The molecule has 0 radical (unpaired) electrons. The summed E-state index contributed by atoms with van der Waals surface area (Å²) in [4.78, 5) is 53.5. The molecule has 2 saturated carbocycles. The van der Waals surface area contributed by atoms with E-state index in [2.05, 4.69) is 53.0 Å². The van der Waals surface area contributed by atoms with Crippen LogP contribution >= 0.6 is 11.3 Å². The number of ether oxygens (including phenoxy) is 1. The number of thiazole rings is 1. The highest BCUT2D eigenvalue weighted by molar-refractivity contribution is 7.91. The molecule has 0 spiro atoms. The number of aromatic nitrogens is 2. The standard InChI is InChI=1S/C38H45N5O6S2/c1-6-25-19-38(25,36(46)42-51(47,48)27-11-12-27)41-33(44)30-17-26-20-43(30)35(45)28(22(2)3)18-32-40-31(21-50-32)37(4,5)14-7-8-23-9-10-24-13-15-39-34(49-26)29(24)16-23/h6-10,13,15-16,21-22,25-28,30H,1,11-12,14,17-20H2,2-5H3,(H,41,44)(H,42,46)/t25-,26-,28+,30+,38-/m1/s1. The first kappa shape index (κ1) is 35.3. The topological polar surface area (TPSA) is 148 Å². The van der Waals surface area contributed by atoms with E-state index in [1.807, 2.05) is 38.1 Å². The first-order chi connectivity index (χ1) is 24.2. The third-order valence-electron chi connectivity index (χ3n) is 10.8. The molecule has 4 heterocycles. The van der Waals surface area contributed by atoms with Crippen molar-refractivity contribution in [3.63, 3.8) is 0 Å². The Kier molecular flexibility index (Phi) is 9.10. The molecule has 1 aromatic carbocycles. The molecule has 2 N–H and O–H groups in total. The van der Waals surface area contributed by atoms with Crippen molar-refractivity contribution in [3.05, 3.63) is 70.8 Å². The molecule has 270 valence electrons. The Hall–Kier alpha value is -4.10. The van der Waals surface area contributed by atoms with Crippen molar-refractivity contribution in [2.24, 2.45) is 17.8 Å². The van der Waals surface area contributed by atoms with Gasteiger partial charge in [0.1, 0.15) is 17.7 Å². The highest BCUT2D eigenvalue weighted by Gasteiger charge is 2.62. The average Bonchev–Trinajstić information content (AvgIpc) is 3.97. The summed E-state index contributed by atoms with van der Waals surface area (Å²) >= 11 is 1.54. The lowest BCUT2D eigenvalue weighted by Crippen LogP contribution is -2.57. The van der Waals surface area contributed by atoms with Crippen LogP contribution in [0, 0.1) is 17.8 Å². The first-order valence-corrected chi connectivity index (χ1v) is 20.1. The maximum atomic E-state index is 14.6. The van der Waals surface area contributed by atoms with Crippen LogP contribution in [0.2, 0.25) is 0 Å². The number of carbonyl (C=O) groups excluding carboxylic acids is 3. The van der Waals surface area contributed by atoms with Crippen molar-refractivity contribution < 1.29 is 27.5 Å². The monoisotopic (exact) mass is 731 g/mol. The van der Waals surface area contributed by atoms with E-state index in [4.69, 9.17) is 9.72 Å². The molecule has 3 amide bonds. The number of pyridine rings is 1. The van der Waals surface area contributed by atoms with Gasteiger partial charge in [-0.05, 0) is 54.7 Å². The van der Waals surface area contributed by atoms with Gasteiger partial charge in [0, 0.05) is 47.1 Å². The SMILES string of the molecule is C=C[C@@H]1C[C@]1(NC(=O)[C@@H]1C[C@@H]2CN1C(=O)[C@H](C(C)C)Cc1nc(cs1)C(C)(C)CC=Cc1ccc3ccnc(c3c1)O2)C(=O)NS(=O)(=O)C1CC1. The molecule has 2 aliphatic carbocycles. The molecule has 13 heteroatoms. The van der Waals surface area contributed by atoms with E-state index < -0.39 is 56.6 Å². The van der Waals surface area contributed by atoms with Gasteiger partial charge in [-0.1, -0.05) is 58.1 Å². The Morgan fingerprint density at radius 3 is 2.69 bits per heavy atom. The summed E-state index contributed by atoms with van der Waals surface area (Å²) in [6.45, 7) is 12.3. The predicted molar refractivity (Wildman–Crippen MR) is 196 cm³/mol. The second kappa shape index (κ2) is 13.1. The minimum absolute atomic E-state index is 0.0634. The lowest BCUT2D eigenvalue weighted by atomic mass is 9.86. The van der Waals surface area contributed by atoms with E-state index in [0.29, 0.717) is 25.1 Å². The molecule has 51 heavy (non-hydrogen) atoms. The quantitative estimate of drug-likeness (QED) is 0.326. The molecular weight excluding hydrogens is 687 g/mol. The Labute approximate surface area is 303 Å². The van der Waals surface area contributed by atoms with Crippen LogP contribution in [-0.2, 0) is 36.2 Å². The molecule has 2 aliphatic heterocycles. The van der Waals surface area contributed by atoms with E-state index in [9.17, 15) is 22.8 Å². The normalized spacial score (nSPS) is 27.5. The molecule has 2 aromatic heterocycles. The third-order valence-corrected chi connectivity index (χ3v) is 13.5. The van der Waals surface area contributed by atoms with Gasteiger partial charge in [0.05, 0.1) is 22.5 Å². The van der Waals surface area contributed by atoms with Gasteiger partial charge in [0.15, 0.2) is 0 Å². The molecule has 0 unspecified atom stereocenters. The summed E-state index contributed by atoms with van der Waals surface area (Å²) in [5.74, 6) is -2.09. The van der Waals surface area contributed by atoms with Crippen LogP contribution in [0.3, 0.4) is 0 Å². The van der Waals surface area contributed by atoms with E-state index in [0.717, 1.165) is 33.5 Å². The first-order valence-electron chi connectivity index (χ1n) is 17.7. The number of carbonyl (C=O) groups is 3. The summed E-state index contributed by atoms with van der Waals surface area (Å²) in [7, 11) is -3.85. The number of rotatable bonds is 7. The number of amides is 3. The van der Waals surface area contributed by atoms with Crippen LogP contribution in [0.1, 0.15) is 76.1 Å². The molecule has 7 rings (SSSR count). The minimum Gasteiger partial charge on any atom is -0.472 e. The number of hydrogen-bond donors (Lipinski definition) is 2. The van der Waals surface area contributed by atoms with Crippen molar-refractivity contribution in [1.29, 1.82) is 0 Å². The molecule has 3 aromatic rings. The molecular formula is C38H45N5O6S2. The number of sulfonamides is 1. The van der Waals surface area contributed by atoms with Gasteiger partial charge in [-0.15, -0.1) is 17.9 Å². The Morgan fingerprint density at radius 1 is 1.20 bits per heavy atom. The summed E-state index contributed by atoms with van der Waals surface area (Å²) in [5.41, 5.74) is 0.250. The smallest absolute Gasteiger partial charge is 0.259 e. The van der Waals surface area contributed by atoms with Crippen molar-refractivity contribution >= 4 is 55.9 Å². The largest absolute Gasteiger partial charge is 0.472 e. The molecule has 3 fully saturated rings. The third kappa shape index (κ3) is 6.94. The zero-order valence-electron chi connectivity index (χ0n) is 29.4. The number of allylic oxidation sites excluding steroid dienone is 1. The zero-order valence-corrected chi connectivity index (χ0v) is 31.1. The van der Waals surface area contributed by atoms with Crippen LogP contribution in [0.25, 0.3) is 16.8 Å².